The first-order chi connectivity index (χ1) is 18.7. The predicted octanol–water partition coefficient (Wildman–Crippen LogP) is 6.15. The van der Waals surface area contributed by atoms with Crippen LogP contribution in [-0.2, 0) is 17.6 Å². The first-order valence-electron chi connectivity index (χ1n) is 14.3. The summed E-state index contributed by atoms with van der Waals surface area (Å²) in [4.78, 5) is 27.7. The molecule has 2 aliphatic heterocycles. The highest BCUT2D eigenvalue weighted by molar-refractivity contribution is 7.17. The standard InChI is InChI=1S/C31H44N4O3S/c1-6-10-22-18-33-16-14-23(22)25(20(2)21-11-9-15-32-17-21)19-34-30(37)35-28-27(29(36)38-31(3,4)5)24-12-7-8-13-26(24)39-28/h9,11,15,32-33H,6-8,10,12-14,16-19H2,1-5H3,(H2,34,35,37)/b25-20+. The van der Waals surface area contributed by atoms with Crippen LogP contribution < -0.4 is 21.3 Å². The highest BCUT2D eigenvalue weighted by Crippen LogP contribution is 2.39. The second kappa shape index (κ2) is 13.0. The van der Waals surface area contributed by atoms with E-state index in [2.05, 4.69) is 41.2 Å². The van der Waals surface area contributed by atoms with Crippen LogP contribution in [0.25, 0.3) is 0 Å². The molecule has 3 aliphatic rings. The van der Waals surface area contributed by atoms with E-state index in [0.29, 0.717) is 17.1 Å². The van der Waals surface area contributed by atoms with Crippen molar-refractivity contribution in [3.63, 3.8) is 0 Å². The van der Waals surface area contributed by atoms with Crippen molar-refractivity contribution in [1.29, 1.82) is 0 Å². The maximum Gasteiger partial charge on any atom is 0.341 e. The Bertz CT molecular complexity index is 1210. The smallest absolute Gasteiger partial charge is 0.341 e. The zero-order valence-corrected chi connectivity index (χ0v) is 25.0. The number of allylic oxidation sites excluding steroid dienone is 2. The van der Waals surface area contributed by atoms with Crippen LogP contribution in [-0.4, -0.2) is 43.8 Å². The molecular formula is C31H44N4O3S. The number of amides is 2. The first-order valence-corrected chi connectivity index (χ1v) is 15.1. The lowest BCUT2D eigenvalue weighted by Crippen LogP contribution is -2.34. The van der Waals surface area contributed by atoms with Gasteiger partial charge in [-0.05, 0) is 113 Å². The van der Waals surface area contributed by atoms with Crippen LogP contribution in [0, 0.1) is 0 Å². The second-order valence-corrected chi connectivity index (χ2v) is 12.6. The summed E-state index contributed by atoms with van der Waals surface area (Å²) < 4.78 is 5.74. The average molecular weight is 553 g/mol. The molecule has 0 saturated carbocycles. The van der Waals surface area contributed by atoms with Crippen molar-refractivity contribution in [2.75, 3.05) is 31.5 Å². The normalized spacial score (nSPS) is 18.0. The van der Waals surface area contributed by atoms with Gasteiger partial charge in [-0.1, -0.05) is 25.0 Å². The Morgan fingerprint density at radius 1 is 1.13 bits per heavy atom. The molecule has 0 bridgehead atoms. The molecule has 212 valence electrons. The number of nitrogens with one attached hydrogen (secondary N) is 4. The third-order valence-electron chi connectivity index (χ3n) is 7.40. The molecule has 3 heterocycles. The fourth-order valence-electron chi connectivity index (χ4n) is 5.53. The number of anilines is 1. The van der Waals surface area contributed by atoms with Gasteiger partial charge in [-0.25, -0.2) is 9.59 Å². The third kappa shape index (κ3) is 7.42. The minimum atomic E-state index is -0.603. The Kier molecular flexibility index (Phi) is 9.72. The van der Waals surface area contributed by atoms with Crippen LogP contribution >= 0.6 is 11.3 Å². The van der Waals surface area contributed by atoms with Gasteiger partial charge in [0.15, 0.2) is 0 Å². The maximum absolute atomic E-state index is 13.3. The molecule has 39 heavy (non-hydrogen) atoms. The summed E-state index contributed by atoms with van der Waals surface area (Å²) in [6.45, 7) is 13.0. The summed E-state index contributed by atoms with van der Waals surface area (Å²) in [7, 11) is 0. The van der Waals surface area contributed by atoms with Gasteiger partial charge >= 0.3 is 12.0 Å². The summed E-state index contributed by atoms with van der Waals surface area (Å²) in [5.41, 5.74) is 7.39. The Hall–Kier alpha value is -2.84. The van der Waals surface area contributed by atoms with Crippen molar-refractivity contribution in [3.8, 4) is 0 Å². The van der Waals surface area contributed by atoms with Crippen LogP contribution in [0.1, 0.15) is 87.5 Å². The van der Waals surface area contributed by atoms with E-state index in [4.69, 9.17) is 4.74 Å². The minimum Gasteiger partial charge on any atom is -0.456 e. The van der Waals surface area contributed by atoms with E-state index in [-0.39, 0.29) is 12.0 Å². The van der Waals surface area contributed by atoms with Crippen molar-refractivity contribution in [2.24, 2.45) is 0 Å². The summed E-state index contributed by atoms with van der Waals surface area (Å²) in [6, 6.07) is -0.300. The molecule has 4 N–H and O–H groups in total. The Balaban J connectivity index is 1.59. The van der Waals surface area contributed by atoms with E-state index < -0.39 is 5.60 Å². The number of aryl methyl sites for hydroxylation is 1. The van der Waals surface area contributed by atoms with Gasteiger partial charge in [0, 0.05) is 24.5 Å². The Labute approximate surface area is 237 Å². The van der Waals surface area contributed by atoms with E-state index in [1.165, 1.54) is 44.1 Å². The molecule has 0 radical (unpaired) electrons. The minimum absolute atomic E-state index is 0.300. The average Bonchev–Trinajstić information content (AvgIpc) is 3.27. The fourth-order valence-corrected chi connectivity index (χ4v) is 6.81. The highest BCUT2D eigenvalue weighted by Gasteiger charge is 2.30. The van der Waals surface area contributed by atoms with Gasteiger partial charge in [0.2, 0.25) is 0 Å². The molecule has 0 unspecified atom stereocenters. The van der Waals surface area contributed by atoms with Gasteiger partial charge in [-0.15, -0.1) is 11.3 Å². The summed E-state index contributed by atoms with van der Waals surface area (Å²) in [5, 5.41) is 13.6. The predicted molar refractivity (Wildman–Crippen MR) is 160 cm³/mol. The number of carbonyl (C=O) groups excluding carboxylic acids is 2. The Morgan fingerprint density at radius 3 is 2.64 bits per heavy atom. The van der Waals surface area contributed by atoms with E-state index in [0.717, 1.165) is 70.1 Å². The van der Waals surface area contributed by atoms with Crippen molar-refractivity contribution in [2.45, 2.75) is 85.2 Å². The summed E-state index contributed by atoms with van der Waals surface area (Å²) in [5.74, 6) is -0.359. The molecule has 0 atom stereocenters. The summed E-state index contributed by atoms with van der Waals surface area (Å²) in [6.07, 6.45) is 13.1. The number of ether oxygens (including phenoxy) is 1. The number of hydrogen-bond acceptors (Lipinski definition) is 6. The number of rotatable bonds is 8. The number of dihydropyridines is 1. The lowest BCUT2D eigenvalue weighted by atomic mass is 9.87. The van der Waals surface area contributed by atoms with Gasteiger partial charge in [0.25, 0.3) is 0 Å². The zero-order chi connectivity index (χ0) is 28.0. The van der Waals surface area contributed by atoms with Crippen LogP contribution in [0.2, 0.25) is 0 Å². The Morgan fingerprint density at radius 2 is 1.92 bits per heavy atom. The van der Waals surface area contributed by atoms with Gasteiger partial charge in [0.1, 0.15) is 10.6 Å². The number of thiophene rings is 1. The van der Waals surface area contributed by atoms with Gasteiger partial charge < -0.3 is 20.7 Å². The number of urea groups is 1. The van der Waals surface area contributed by atoms with E-state index in [9.17, 15) is 9.59 Å². The second-order valence-electron chi connectivity index (χ2n) is 11.5. The first kappa shape index (κ1) is 29.2. The number of esters is 1. The topological polar surface area (TPSA) is 91.5 Å². The molecule has 0 saturated heterocycles. The molecule has 1 aliphatic carbocycles. The highest BCUT2D eigenvalue weighted by atomic mass is 32.1. The molecular weight excluding hydrogens is 508 g/mol. The van der Waals surface area contributed by atoms with Crippen molar-refractivity contribution in [3.05, 3.63) is 62.2 Å². The number of fused-ring (bicyclic) bond motifs is 1. The van der Waals surface area contributed by atoms with Crippen LogP contribution in [0.3, 0.4) is 0 Å². The zero-order valence-electron chi connectivity index (χ0n) is 24.1. The third-order valence-corrected chi connectivity index (χ3v) is 8.61. The van der Waals surface area contributed by atoms with Crippen LogP contribution in [0.4, 0.5) is 9.80 Å². The van der Waals surface area contributed by atoms with Crippen LogP contribution in [0.5, 0.6) is 0 Å². The largest absolute Gasteiger partial charge is 0.456 e. The SMILES string of the molecule is CCCC1=C(/C(CNC(=O)Nc2sc3c(c2C(=O)OC(C)(C)C)CCCC3)=C(\C)C2=CC=CNC2)CCNC1. The van der Waals surface area contributed by atoms with E-state index in [1.54, 1.807) is 0 Å². The molecule has 1 aromatic heterocycles. The fraction of sp³-hybridized carbons (Fsp3) is 0.548. The molecule has 2 amide bonds. The monoisotopic (exact) mass is 552 g/mol. The van der Waals surface area contributed by atoms with Crippen LogP contribution in [0.15, 0.2) is 46.2 Å². The van der Waals surface area contributed by atoms with Gasteiger partial charge in [-0.3, -0.25) is 5.32 Å². The summed E-state index contributed by atoms with van der Waals surface area (Å²) >= 11 is 1.52. The molecule has 0 fully saturated rings. The molecule has 4 rings (SSSR count). The molecule has 1 aromatic rings. The molecule has 0 spiro atoms. The lowest BCUT2D eigenvalue weighted by Gasteiger charge is -2.26. The van der Waals surface area contributed by atoms with E-state index >= 15 is 0 Å². The van der Waals surface area contributed by atoms with Gasteiger partial charge in [-0.2, -0.15) is 0 Å². The maximum atomic E-state index is 13.3. The molecule has 8 heteroatoms. The number of carbonyl (C=O) groups is 2. The van der Waals surface area contributed by atoms with Crippen molar-refractivity contribution in [1.82, 2.24) is 16.0 Å². The van der Waals surface area contributed by atoms with Crippen molar-refractivity contribution < 1.29 is 14.3 Å². The quantitative estimate of drug-likeness (QED) is 0.290. The molecule has 0 aromatic carbocycles. The van der Waals surface area contributed by atoms with Crippen molar-refractivity contribution >= 4 is 28.3 Å². The van der Waals surface area contributed by atoms with E-state index in [1.807, 2.05) is 33.0 Å². The number of hydrogen-bond donors (Lipinski definition) is 4. The van der Waals surface area contributed by atoms with Gasteiger partial charge in [0.05, 0.1) is 5.56 Å². The molecule has 7 nitrogen and oxygen atoms in total. The lowest BCUT2D eigenvalue weighted by molar-refractivity contribution is 0.00699.